The number of phenolic OH excluding ortho intramolecular Hbond substituents is 1. The minimum atomic E-state index is 0.143. The summed E-state index contributed by atoms with van der Waals surface area (Å²) in [5.74, 6) is 1.51. The number of aromatic hydroxyl groups is 1. The summed E-state index contributed by atoms with van der Waals surface area (Å²) in [7, 11) is 3.24. The summed E-state index contributed by atoms with van der Waals surface area (Å²) in [6, 6.07) is 20.9. The van der Waals surface area contributed by atoms with Crippen molar-refractivity contribution < 1.29 is 14.6 Å². The Bertz CT molecular complexity index is 1350. The van der Waals surface area contributed by atoms with Crippen molar-refractivity contribution in [1.82, 2.24) is 4.68 Å². The van der Waals surface area contributed by atoms with E-state index in [1.54, 1.807) is 43.3 Å². The number of nitrogens with zero attached hydrogens (tertiary/aromatic N) is 3. The number of aromatic nitrogens is 1. The highest BCUT2D eigenvalue weighted by atomic mass is 79.9. The molecule has 0 amide bonds. The van der Waals surface area contributed by atoms with Crippen LogP contribution in [0.2, 0.25) is 0 Å². The van der Waals surface area contributed by atoms with Gasteiger partial charge in [0.15, 0.2) is 0 Å². The molecule has 0 atom stereocenters. The number of benzene rings is 3. The van der Waals surface area contributed by atoms with Crippen LogP contribution in [0.15, 0.2) is 86.7 Å². The van der Waals surface area contributed by atoms with Crippen molar-refractivity contribution in [3.05, 3.63) is 92.5 Å². The van der Waals surface area contributed by atoms with Gasteiger partial charge in [0.05, 0.1) is 32.7 Å². The number of hydrogen-bond acceptors (Lipinski definition) is 6. The number of methoxy groups -OCH3 is 2. The first-order valence-electron chi connectivity index (χ1n) is 10.1. The molecule has 1 aromatic heterocycles. The first-order chi connectivity index (χ1) is 16.1. The second-order valence-electron chi connectivity index (χ2n) is 7.03. The first-order valence-corrected chi connectivity index (χ1v) is 11.8. The fourth-order valence-electron chi connectivity index (χ4n) is 3.21. The Hall–Kier alpha value is -3.36. The lowest BCUT2D eigenvalue weighted by atomic mass is 10.1. The van der Waals surface area contributed by atoms with Crippen molar-refractivity contribution in [3.8, 4) is 28.5 Å². The molecule has 6 nitrogen and oxygen atoms in total. The molecule has 1 N–H and O–H groups in total. The zero-order valence-electron chi connectivity index (χ0n) is 18.1. The second-order valence-corrected chi connectivity index (χ2v) is 8.78. The Kier molecular flexibility index (Phi) is 7.26. The predicted molar refractivity (Wildman–Crippen MR) is 135 cm³/mol. The van der Waals surface area contributed by atoms with Gasteiger partial charge in [0.2, 0.25) is 4.80 Å². The summed E-state index contributed by atoms with van der Waals surface area (Å²) in [5, 5.41) is 16.9. The molecule has 168 valence electrons. The Morgan fingerprint density at radius 2 is 1.85 bits per heavy atom. The zero-order chi connectivity index (χ0) is 23.2. The molecule has 4 rings (SSSR count). The molecule has 8 heteroatoms. The van der Waals surface area contributed by atoms with E-state index in [4.69, 9.17) is 14.5 Å². The standard InChI is InChI=1S/C25H22BrN3O3S/c1-31-20-9-10-21(24(13-20)32-2)22-16-33-25(27-14-17-6-4-3-5-7-17)29(22)28-15-18-12-19(26)8-11-23(18)30/h3-13,15-16,30H,14H2,1-2H3. The molecule has 4 aromatic rings. The van der Waals surface area contributed by atoms with E-state index in [1.807, 2.05) is 53.9 Å². The van der Waals surface area contributed by atoms with Gasteiger partial charge in [-0.1, -0.05) is 46.3 Å². The van der Waals surface area contributed by atoms with Gasteiger partial charge in [0.1, 0.15) is 17.2 Å². The number of phenols is 1. The predicted octanol–water partition coefficient (Wildman–Crippen LogP) is 5.69. The molecule has 0 unspecified atom stereocenters. The van der Waals surface area contributed by atoms with Crippen LogP contribution in [-0.4, -0.2) is 30.2 Å². The van der Waals surface area contributed by atoms with Gasteiger partial charge in [-0.15, -0.1) is 11.3 Å². The number of thiazole rings is 1. The summed E-state index contributed by atoms with van der Waals surface area (Å²) in [5.41, 5.74) is 3.36. The third-order valence-corrected chi connectivity index (χ3v) is 6.26. The van der Waals surface area contributed by atoms with Crippen molar-refractivity contribution in [2.24, 2.45) is 10.1 Å². The van der Waals surface area contributed by atoms with Crippen molar-refractivity contribution in [3.63, 3.8) is 0 Å². The highest BCUT2D eigenvalue weighted by Crippen LogP contribution is 2.33. The summed E-state index contributed by atoms with van der Waals surface area (Å²) < 4.78 is 13.6. The molecular formula is C25H22BrN3O3S. The maximum Gasteiger partial charge on any atom is 0.206 e. The maximum atomic E-state index is 10.2. The monoisotopic (exact) mass is 523 g/mol. The summed E-state index contributed by atoms with van der Waals surface area (Å²) in [6.45, 7) is 0.526. The van der Waals surface area contributed by atoms with Gasteiger partial charge in [0.25, 0.3) is 0 Å². The lowest BCUT2D eigenvalue weighted by Gasteiger charge is -2.11. The van der Waals surface area contributed by atoms with Crippen LogP contribution >= 0.6 is 27.3 Å². The largest absolute Gasteiger partial charge is 0.507 e. The van der Waals surface area contributed by atoms with E-state index in [0.717, 1.165) is 26.1 Å². The highest BCUT2D eigenvalue weighted by Gasteiger charge is 2.14. The van der Waals surface area contributed by atoms with Gasteiger partial charge >= 0.3 is 0 Å². The summed E-state index contributed by atoms with van der Waals surface area (Å²) in [4.78, 5) is 5.51. The van der Waals surface area contributed by atoms with Crippen molar-refractivity contribution in [1.29, 1.82) is 0 Å². The fourth-order valence-corrected chi connectivity index (χ4v) is 4.41. The SMILES string of the molecule is COc1ccc(-c2csc(=NCc3ccccc3)n2N=Cc2cc(Br)ccc2O)c(OC)c1. The van der Waals surface area contributed by atoms with E-state index in [0.29, 0.717) is 23.6 Å². The normalized spacial score (nSPS) is 11.8. The van der Waals surface area contributed by atoms with Gasteiger partial charge in [0, 0.05) is 27.0 Å². The zero-order valence-corrected chi connectivity index (χ0v) is 20.5. The van der Waals surface area contributed by atoms with Crippen molar-refractivity contribution in [2.45, 2.75) is 6.54 Å². The van der Waals surface area contributed by atoms with Crippen molar-refractivity contribution in [2.75, 3.05) is 14.2 Å². The van der Waals surface area contributed by atoms with Gasteiger partial charge in [-0.2, -0.15) is 5.10 Å². The smallest absolute Gasteiger partial charge is 0.206 e. The Morgan fingerprint density at radius 1 is 1.03 bits per heavy atom. The third kappa shape index (κ3) is 5.35. The molecule has 0 saturated carbocycles. The number of ether oxygens (including phenoxy) is 2. The molecule has 0 spiro atoms. The molecule has 0 aliphatic carbocycles. The van der Waals surface area contributed by atoms with Crippen LogP contribution in [0.25, 0.3) is 11.3 Å². The molecule has 3 aromatic carbocycles. The Morgan fingerprint density at radius 3 is 2.61 bits per heavy atom. The molecule has 0 bridgehead atoms. The van der Waals surface area contributed by atoms with E-state index >= 15 is 0 Å². The number of hydrogen-bond donors (Lipinski definition) is 1. The second kappa shape index (κ2) is 10.5. The Balaban J connectivity index is 1.83. The van der Waals surface area contributed by atoms with E-state index in [1.165, 1.54) is 11.3 Å². The summed E-state index contributed by atoms with van der Waals surface area (Å²) >= 11 is 4.93. The molecule has 0 saturated heterocycles. The summed E-state index contributed by atoms with van der Waals surface area (Å²) in [6.07, 6.45) is 1.62. The van der Waals surface area contributed by atoms with Crippen molar-refractivity contribution >= 4 is 33.5 Å². The number of rotatable bonds is 7. The van der Waals surface area contributed by atoms with Gasteiger partial charge in [-0.3, -0.25) is 4.99 Å². The van der Waals surface area contributed by atoms with Crippen LogP contribution in [-0.2, 0) is 6.54 Å². The molecule has 33 heavy (non-hydrogen) atoms. The van der Waals surface area contributed by atoms with E-state index < -0.39 is 0 Å². The Labute approximate surface area is 204 Å². The van der Waals surface area contributed by atoms with Crippen LogP contribution in [0.3, 0.4) is 0 Å². The van der Waals surface area contributed by atoms with Crippen LogP contribution in [0.4, 0.5) is 0 Å². The molecule has 0 aliphatic rings. The van der Waals surface area contributed by atoms with Crippen LogP contribution in [0.1, 0.15) is 11.1 Å². The fraction of sp³-hybridized carbons (Fsp3) is 0.120. The van der Waals surface area contributed by atoms with Crippen LogP contribution in [0, 0.1) is 0 Å². The van der Waals surface area contributed by atoms with Crippen LogP contribution in [0.5, 0.6) is 17.2 Å². The van der Waals surface area contributed by atoms with E-state index in [9.17, 15) is 5.11 Å². The number of halogens is 1. The average Bonchev–Trinajstić information content (AvgIpc) is 3.25. The van der Waals surface area contributed by atoms with Gasteiger partial charge < -0.3 is 14.6 Å². The quantitative estimate of drug-likeness (QED) is 0.316. The van der Waals surface area contributed by atoms with E-state index in [-0.39, 0.29) is 5.75 Å². The minimum absolute atomic E-state index is 0.143. The lowest BCUT2D eigenvalue weighted by Crippen LogP contribution is -2.12. The molecule has 1 heterocycles. The maximum absolute atomic E-state index is 10.2. The molecule has 0 radical (unpaired) electrons. The molecule has 0 aliphatic heterocycles. The first kappa shape index (κ1) is 22.8. The van der Waals surface area contributed by atoms with Gasteiger partial charge in [-0.05, 0) is 35.9 Å². The van der Waals surface area contributed by atoms with Gasteiger partial charge in [-0.25, -0.2) is 4.68 Å². The molecular weight excluding hydrogens is 502 g/mol. The highest BCUT2D eigenvalue weighted by molar-refractivity contribution is 9.10. The lowest BCUT2D eigenvalue weighted by molar-refractivity contribution is 0.395. The molecule has 0 fully saturated rings. The topological polar surface area (TPSA) is 68.3 Å². The van der Waals surface area contributed by atoms with E-state index in [2.05, 4.69) is 21.0 Å². The van der Waals surface area contributed by atoms with Crippen LogP contribution < -0.4 is 14.3 Å². The minimum Gasteiger partial charge on any atom is -0.507 e. The third-order valence-electron chi connectivity index (χ3n) is 4.91. The average molecular weight is 524 g/mol.